The second-order valence-electron chi connectivity index (χ2n) is 10.1. The number of H-pyrrole nitrogens is 1. The Morgan fingerprint density at radius 3 is 2.90 bits per heavy atom. The van der Waals surface area contributed by atoms with E-state index in [0.29, 0.717) is 36.0 Å². The number of amides is 1. The van der Waals surface area contributed by atoms with E-state index in [9.17, 15) is 4.79 Å². The summed E-state index contributed by atoms with van der Waals surface area (Å²) in [5, 5.41) is 7.39. The summed E-state index contributed by atoms with van der Waals surface area (Å²) in [6.07, 6.45) is 13.4. The third-order valence-electron chi connectivity index (χ3n) is 8.44. The van der Waals surface area contributed by atoms with Gasteiger partial charge in [-0.15, -0.1) is 0 Å². The molecular formula is C23H34N4O2. The third-order valence-corrected chi connectivity index (χ3v) is 8.44. The van der Waals surface area contributed by atoms with Crippen molar-refractivity contribution in [1.82, 2.24) is 20.0 Å². The van der Waals surface area contributed by atoms with Gasteiger partial charge in [-0.1, -0.05) is 6.42 Å². The van der Waals surface area contributed by atoms with Crippen LogP contribution in [0.2, 0.25) is 0 Å². The molecule has 6 heteroatoms. The number of likely N-dealkylation sites (tertiary alicyclic amines) is 1. The van der Waals surface area contributed by atoms with Gasteiger partial charge in [0.25, 0.3) is 0 Å². The molecule has 2 saturated carbocycles. The molecule has 1 N–H and O–H groups in total. The van der Waals surface area contributed by atoms with Gasteiger partial charge in [0.2, 0.25) is 5.91 Å². The van der Waals surface area contributed by atoms with E-state index >= 15 is 0 Å². The van der Waals surface area contributed by atoms with Gasteiger partial charge in [-0.3, -0.25) is 14.8 Å². The molecule has 158 valence electrons. The Morgan fingerprint density at radius 2 is 2.07 bits per heavy atom. The largest absolute Gasteiger partial charge is 0.380 e. The number of aryl methyl sites for hydroxylation is 1. The van der Waals surface area contributed by atoms with Crippen LogP contribution in [0, 0.1) is 11.8 Å². The van der Waals surface area contributed by atoms with Crippen molar-refractivity contribution >= 4 is 5.91 Å². The predicted octanol–water partition coefficient (Wildman–Crippen LogP) is 2.54. The van der Waals surface area contributed by atoms with Gasteiger partial charge >= 0.3 is 0 Å². The Balaban J connectivity index is 1.20. The highest BCUT2D eigenvalue weighted by atomic mass is 16.5. The van der Waals surface area contributed by atoms with E-state index in [1.54, 1.807) is 0 Å². The SMILES string of the molecule is O=C(C1CCCC2C1CCN2C1CCOC1)N(C1CC1)C1CCc2[nH]ncc2C1. The van der Waals surface area contributed by atoms with E-state index in [1.807, 2.05) is 6.20 Å². The first-order chi connectivity index (χ1) is 14.3. The first-order valence-corrected chi connectivity index (χ1v) is 12.0. The van der Waals surface area contributed by atoms with E-state index in [1.165, 1.54) is 56.3 Å². The molecule has 1 amide bonds. The van der Waals surface area contributed by atoms with Crippen LogP contribution in [0.5, 0.6) is 0 Å². The zero-order valence-electron chi connectivity index (χ0n) is 17.4. The van der Waals surface area contributed by atoms with Crippen LogP contribution in [-0.2, 0) is 22.4 Å². The Kier molecular flexibility index (Phi) is 4.68. The lowest BCUT2D eigenvalue weighted by Gasteiger charge is -2.42. The minimum atomic E-state index is 0.243. The van der Waals surface area contributed by atoms with Gasteiger partial charge in [0.15, 0.2) is 0 Å². The van der Waals surface area contributed by atoms with Crippen molar-refractivity contribution in [2.45, 2.75) is 88.4 Å². The van der Waals surface area contributed by atoms with E-state index in [4.69, 9.17) is 4.74 Å². The molecule has 0 bridgehead atoms. The van der Waals surface area contributed by atoms with E-state index in [0.717, 1.165) is 38.9 Å². The van der Waals surface area contributed by atoms with Crippen LogP contribution in [0.15, 0.2) is 6.20 Å². The average Bonchev–Trinajstić information content (AvgIpc) is 3.16. The molecule has 0 spiro atoms. The standard InChI is InChI=1S/C23H34N4O2/c28-23(27(16-4-5-16)17-6-7-21-15(12-17)13-24-25-21)20-2-1-3-22-19(20)8-10-26(22)18-9-11-29-14-18/h13,16-20,22H,1-12,14H2,(H,24,25). The molecular weight excluding hydrogens is 364 g/mol. The first kappa shape index (κ1) is 18.4. The lowest BCUT2D eigenvalue weighted by atomic mass is 9.74. The number of nitrogens with zero attached hydrogens (tertiary/aromatic N) is 3. The Bertz CT molecular complexity index is 754. The second-order valence-corrected chi connectivity index (χ2v) is 10.1. The summed E-state index contributed by atoms with van der Waals surface area (Å²) >= 11 is 0. The van der Waals surface area contributed by atoms with Crippen molar-refractivity contribution in [2.75, 3.05) is 19.8 Å². The number of nitrogens with one attached hydrogen (secondary N) is 1. The smallest absolute Gasteiger partial charge is 0.226 e. The van der Waals surface area contributed by atoms with Gasteiger partial charge in [-0.25, -0.2) is 0 Å². The third kappa shape index (κ3) is 3.23. The molecule has 3 aliphatic carbocycles. The first-order valence-electron chi connectivity index (χ1n) is 12.0. The number of rotatable bonds is 4. The molecule has 5 atom stereocenters. The molecule has 5 aliphatic rings. The van der Waals surface area contributed by atoms with Crippen LogP contribution in [0.25, 0.3) is 0 Å². The highest BCUT2D eigenvalue weighted by molar-refractivity contribution is 5.80. The number of fused-ring (bicyclic) bond motifs is 2. The van der Waals surface area contributed by atoms with Crippen LogP contribution in [0.1, 0.15) is 62.6 Å². The summed E-state index contributed by atoms with van der Waals surface area (Å²) in [7, 11) is 0. The van der Waals surface area contributed by atoms with Gasteiger partial charge in [-0.05, 0) is 75.8 Å². The predicted molar refractivity (Wildman–Crippen MR) is 109 cm³/mol. The highest BCUT2D eigenvalue weighted by Gasteiger charge is 2.49. The summed E-state index contributed by atoms with van der Waals surface area (Å²) in [6.45, 7) is 2.97. The summed E-state index contributed by atoms with van der Waals surface area (Å²) < 4.78 is 5.68. The lowest BCUT2D eigenvalue weighted by molar-refractivity contribution is -0.142. The molecule has 1 aromatic rings. The van der Waals surface area contributed by atoms with E-state index in [2.05, 4.69) is 20.0 Å². The van der Waals surface area contributed by atoms with Crippen molar-refractivity contribution in [3.63, 3.8) is 0 Å². The number of hydrogen-bond donors (Lipinski definition) is 1. The maximum atomic E-state index is 14.0. The Labute approximate surface area is 173 Å². The van der Waals surface area contributed by atoms with Gasteiger partial charge in [0.05, 0.1) is 12.8 Å². The van der Waals surface area contributed by atoms with Crippen molar-refractivity contribution in [1.29, 1.82) is 0 Å². The molecule has 6 nitrogen and oxygen atoms in total. The van der Waals surface area contributed by atoms with Gasteiger partial charge in [0, 0.05) is 42.4 Å². The zero-order chi connectivity index (χ0) is 19.4. The molecule has 1 aromatic heterocycles. The lowest BCUT2D eigenvalue weighted by Crippen LogP contribution is -2.52. The van der Waals surface area contributed by atoms with Crippen LogP contribution in [0.4, 0.5) is 0 Å². The summed E-state index contributed by atoms with van der Waals surface area (Å²) in [5.41, 5.74) is 2.61. The number of hydrogen-bond acceptors (Lipinski definition) is 4. The van der Waals surface area contributed by atoms with Crippen LogP contribution >= 0.6 is 0 Å². The second kappa shape index (κ2) is 7.38. The number of carbonyl (C=O) groups excluding carboxylic acids is 1. The quantitative estimate of drug-likeness (QED) is 0.847. The fourth-order valence-corrected chi connectivity index (χ4v) is 6.89. The van der Waals surface area contributed by atoms with E-state index < -0.39 is 0 Å². The number of ether oxygens (including phenoxy) is 1. The van der Waals surface area contributed by atoms with Gasteiger partial charge in [0.1, 0.15) is 0 Å². The minimum absolute atomic E-state index is 0.243. The molecule has 4 fully saturated rings. The Morgan fingerprint density at radius 1 is 1.14 bits per heavy atom. The van der Waals surface area contributed by atoms with Crippen molar-refractivity contribution in [3.05, 3.63) is 17.5 Å². The van der Waals surface area contributed by atoms with Crippen LogP contribution in [-0.4, -0.2) is 69.8 Å². The van der Waals surface area contributed by atoms with Crippen LogP contribution < -0.4 is 0 Å². The summed E-state index contributed by atoms with van der Waals surface area (Å²) in [4.78, 5) is 19.0. The number of aromatic amines is 1. The average molecular weight is 399 g/mol. The molecule has 29 heavy (non-hydrogen) atoms. The molecule has 3 heterocycles. The molecule has 0 radical (unpaired) electrons. The number of carbonyl (C=O) groups is 1. The Hall–Kier alpha value is -1.40. The van der Waals surface area contributed by atoms with Gasteiger partial charge in [-0.2, -0.15) is 5.10 Å². The fourth-order valence-electron chi connectivity index (χ4n) is 6.89. The fraction of sp³-hybridized carbons (Fsp3) is 0.826. The normalized spacial score (nSPS) is 37.3. The topological polar surface area (TPSA) is 61.5 Å². The highest BCUT2D eigenvalue weighted by Crippen LogP contribution is 2.44. The molecule has 2 aliphatic heterocycles. The zero-order valence-corrected chi connectivity index (χ0v) is 17.4. The van der Waals surface area contributed by atoms with Crippen molar-refractivity contribution in [2.24, 2.45) is 11.8 Å². The molecule has 5 unspecified atom stereocenters. The number of aromatic nitrogens is 2. The molecule has 6 rings (SSSR count). The molecule has 0 aromatic carbocycles. The van der Waals surface area contributed by atoms with Crippen molar-refractivity contribution < 1.29 is 9.53 Å². The maximum Gasteiger partial charge on any atom is 0.226 e. The monoisotopic (exact) mass is 398 g/mol. The minimum Gasteiger partial charge on any atom is -0.380 e. The maximum absolute atomic E-state index is 14.0. The summed E-state index contributed by atoms with van der Waals surface area (Å²) in [5.74, 6) is 1.29. The van der Waals surface area contributed by atoms with Crippen LogP contribution in [0.3, 0.4) is 0 Å². The van der Waals surface area contributed by atoms with Gasteiger partial charge < -0.3 is 9.64 Å². The van der Waals surface area contributed by atoms with Crippen molar-refractivity contribution in [3.8, 4) is 0 Å². The molecule has 2 saturated heterocycles. The van der Waals surface area contributed by atoms with E-state index in [-0.39, 0.29) is 5.92 Å². The summed E-state index contributed by atoms with van der Waals surface area (Å²) in [6, 6.07) is 2.08.